The number of carbonyl (C=O) groups is 5. The molecule has 0 saturated heterocycles. The molecule has 0 saturated carbocycles. The van der Waals surface area contributed by atoms with E-state index in [9.17, 15) is 24.0 Å². The molecule has 8 heteroatoms. The first kappa shape index (κ1) is 24.1. The maximum Gasteiger partial charge on any atom is 0.261 e. The smallest absolute Gasteiger partial charge is 0.261 e. The van der Waals surface area contributed by atoms with Crippen molar-refractivity contribution >= 4 is 29.5 Å². The Bertz CT molecular complexity index is 1250. The number of hydrogen-bond donors (Lipinski definition) is 0. The van der Waals surface area contributed by atoms with Gasteiger partial charge in [0.2, 0.25) is 0 Å². The molecule has 0 aromatic heterocycles. The first-order valence-corrected chi connectivity index (χ1v) is 12.2. The van der Waals surface area contributed by atoms with E-state index in [0.29, 0.717) is 53.7 Å². The van der Waals surface area contributed by atoms with Gasteiger partial charge in [0, 0.05) is 31.7 Å². The van der Waals surface area contributed by atoms with Gasteiger partial charge in [-0.25, -0.2) is 0 Å². The number of amides is 5. The van der Waals surface area contributed by atoms with Gasteiger partial charge in [-0.3, -0.25) is 33.8 Å². The van der Waals surface area contributed by atoms with Gasteiger partial charge < -0.3 is 4.90 Å². The van der Waals surface area contributed by atoms with Crippen LogP contribution in [0.25, 0.3) is 0 Å². The molecule has 0 spiro atoms. The van der Waals surface area contributed by atoms with Crippen LogP contribution in [0.15, 0.2) is 78.9 Å². The third-order valence-corrected chi connectivity index (χ3v) is 6.68. The lowest BCUT2D eigenvalue weighted by molar-refractivity contribution is 0.0640. The second kappa shape index (κ2) is 10.2. The number of benzene rings is 3. The highest BCUT2D eigenvalue weighted by Crippen LogP contribution is 2.24. The molecule has 0 radical (unpaired) electrons. The van der Waals surface area contributed by atoms with Crippen molar-refractivity contribution in [1.82, 2.24) is 14.7 Å². The van der Waals surface area contributed by atoms with Crippen LogP contribution < -0.4 is 0 Å². The molecule has 3 aromatic rings. The van der Waals surface area contributed by atoms with Gasteiger partial charge in [0.25, 0.3) is 29.5 Å². The van der Waals surface area contributed by atoms with Crippen LogP contribution in [-0.2, 0) is 0 Å². The third kappa shape index (κ3) is 4.53. The normalized spacial score (nSPS) is 14.3. The van der Waals surface area contributed by atoms with E-state index in [-0.39, 0.29) is 42.6 Å². The highest BCUT2D eigenvalue weighted by Gasteiger charge is 2.36. The SMILES string of the molecule is O=C(c1ccccc1)N(CCCN1C(=O)c2ccccc2C1=O)CCCN1C(=O)c2ccccc2C1=O. The highest BCUT2D eigenvalue weighted by molar-refractivity contribution is 6.22. The monoisotopic (exact) mass is 495 g/mol. The van der Waals surface area contributed by atoms with Crippen molar-refractivity contribution in [2.75, 3.05) is 26.2 Å². The molecule has 2 aliphatic rings. The Morgan fingerprint density at radius 2 is 0.892 bits per heavy atom. The largest absolute Gasteiger partial charge is 0.339 e. The van der Waals surface area contributed by atoms with Gasteiger partial charge in [0.1, 0.15) is 0 Å². The van der Waals surface area contributed by atoms with Gasteiger partial charge in [0.05, 0.1) is 22.3 Å². The molecule has 2 aliphatic heterocycles. The minimum absolute atomic E-state index is 0.184. The second-order valence-electron chi connectivity index (χ2n) is 8.98. The summed E-state index contributed by atoms with van der Waals surface area (Å²) in [6, 6.07) is 22.3. The van der Waals surface area contributed by atoms with Crippen molar-refractivity contribution in [3.63, 3.8) is 0 Å². The maximum absolute atomic E-state index is 13.2. The second-order valence-corrected chi connectivity index (χ2v) is 8.98. The van der Waals surface area contributed by atoms with Crippen molar-refractivity contribution in [1.29, 1.82) is 0 Å². The zero-order valence-corrected chi connectivity index (χ0v) is 20.1. The topological polar surface area (TPSA) is 95.1 Å². The Labute approximate surface area is 214 Å². The van der Waals surface area contributed by atoms with Gasteiger partial charge in [0.15, 0.2) is 0 Å². The molecular weight excluding hydrogens is 470 g/mol. The molecule has 5 amide bonds. The quantitative estimate of drug-likeness (QED) is 0.424. The predicted octanol–water partition coefficient (Wildman–Crippen LogP) is 3.50. The molecule has 2 heterocycles. The maximum atomic E-state index is 13.2. The number of nitrogens with zero attached hydrogens (tertiary/aromatic N) is 3. The molecular formula is C29H25N3O5. The summed E-state index contributed by atoms with van der Waals surface area (Å²) in [5, 5.41) is 0. The van der Waals surface area contributed by atoms with E-state index in [0.717, 1.165) is 0 Å². The standard InChI is InChI=1S/C29H25N3O5/c33-25(20-10-2-1-3-11-20)30(16-8-18-31-26(34)21-12-4-5-13-22(21)27(31)35)17-9-19-32-28(36)23-14-6-7-15-24(23)29(32)37/h1-7,10-15H,8-9,16-19H2. The summed E-state index contributed by atoms with van der Waals surface area (Å²) in [6.45, 7) is 0.985. The van der Waals surface area contributed by atoms with Gasteiger partial charge in [-0.15, -0.1) is 0 Å². The molecule has 0 aliphatic carbocycles. The summed E-state index contributed by atoms with van der Waals surface area (Å²) in [5.74, 6) is -1.50. The summed E-state index contributed by atoms with van der Waals surface area (Å²) >= 11 is 0. The van der Waals surface area contributed by atoms with Gasteiger partial charge in [-0.2, -0.15) is 0 Å². The minimum atomic E-state index is -0.327. The van der Waals surface area contributed by atoms with Crippen LogP contribution in [0.1, 0.15) is 64.6 Å². The molecule has 186 valence electrons. The van der Waals surface area contributed by atoms with E-state index in [4.69, 9.17) is 0 Å². The van der Waals surface area contributed by atoms with E-state index in [1.165, 1.54) is 9.80 Å². The van der Waals surface area contributed by atoms with Crippen molar-refractivity contribution in [3.8, 4) is 0 Å². The summed E-state index contributed by atoms with van der Waals surface area (Å²) in [4.78, 5) is 68.0. The van der Waals surface area contributed by atoms with Crippen LogP contribution in [0.3, 0.4) is 0 Å². The van der Waals surface area contributed by atoms with Crippen molar-refractivity contribution < 1.29 is 24.0 Å². The number of imide groups is 2. The Kier molecular flexibility index (Phi) is 6.64. The van der Waals surface area contributed by atoms with Gasteiger partial charge >= 0.3 is 0 Å². The van der Waals surface area contributed by atoms with E-state index < -0.39 is 0 Å². The fraction of sp³-hybridized carbons (Fsp3) is 0.207. The Balaban J connectivity index is 1.23. The van der Waals surface area contributed by atoms with Gasteiger partial charge in [-0.05, 0) is 49.2 Å². The van der Waals surface area contributed by atoms with Crippen molar-refractivity contribution in [3.05, 3.63) is 107 Å². The lowest BCUT2D eigenvalue weighted by Gasteiger charge is -2.25. The number of carbonyl (C=O) groups excluding carboxylic acids is 5. The van der Waals surface area contributed by atoms with Crippen LogP contribution in [-0.4, -0.2) is 70.4 Å². The molecule has 5 rings (SSSR count). The zero-order chi connectivity index (χ0) is 25.9. The minimum Gasteiger partial charge on any atom is -0.339 e. The van der Waals surface area contributed by atoms with Crippen LogP contribution in [0.2, 0.25) is 0 Å². The number of hydrogen-bond acceptors (Lipinski definition) is 5. The Morgan fingerprint density at radius 3 is 1.27 bits per heavy atom. The van der Waals surface area contributed by atoms with E-state index in [1.54, 1.807) is 77.7 Å². The summed E-state index contributed by atoms with van der Waals surface area (Å²) in [5.41, 5.74) is 2.09. The molecule has 0 atom stereocenters. The molecule has 0 fully saturated rings. The Morgan fingerprint density at radius 1 is 0.541 bits per heavy atom. The average molecular weight is 496 g/mol. The molecule has 0 N–H and O–H groups in total. The molecule has 0 bridgehead atoms. The van der Waals surface area contributed by atoms with Crippen LogP contribution in [0, 0.1) is 0 Å². The summed E-state index contributed by atoms with van der Waals surface area (Å²) in [6.07, 6.45) is 0.800. The molecule has 8 nitrogen and oxygen atoms in total. The summed E-state index contributed by atoms with van der Waals surface area (Å²) in [7, 11) is 0. The lowest BCUT2D eigenvalue weighted by atomic mass is 10.1. The molecule has 3 aromatic carbocycles. The first-order chi connectivity index (χ1) is 18.0. The number of rotatable bonds is 9. The fourth-order valence-corrected chi connectivity index (χ4v) is 4.80. The Hall–Kier alpha value is -4.59. The van der Waals surface area contributed by atoms with Crippen LogP contribution in [0.4, 0.5) is 0 Å². The van der Waals surface area contributed by atoms with E-state index in [1.807, 2.05) is 6.07 Å². The first-order valence-electron chi connectivity index (χ1n) is 12.2. The van der Waals surface area contributed by atoms with Crippen molar-refractivity contribution in [2.45, 2.75) is 12.8 Å². The van der Waals surface area contributed by atoms with E-state index >= 15 is 0 Å². The van der Waals surface area contributed by atoms with Gasteiger partial charge in [-0.1, -0.05) is 42.5 Å². The number of fused-ring (bicyclic) bond motifs is 2. The van der Waals surface area contributed by atoms with Crippen molar-refractivity contribution in [2.24, 2.45) is 0 Å². The predicted molar refractivity (Wildman–Crippen MR) is 135 cm³/mol. The summed E-state index contributed by atoms with van der Waals surface area (Å²) < 4.78 is 0. The zero-order valence-electron chi connectivity index (χ0n) is 20.1. The fourth-order valence-electron chi connectivity index (χ4n) is 4.80. The highest BCUT2D eigenvalue weighted by atomic mass is 16.2. The average Bonchev–Trinajstić information content (AvgIpc) is 3.32. The van der Waals surface area contributed by atoms with Crippen LogP contribution >= 0.6 is 0 Å². The van der Waals surface area contributed by atoms with Crippen LogP contribution in [0.5, 0.6) is 0 Å². The lowest BCUT2D eigenvalue weighted by Crippen LogP contribution is -2.38. The third-order valence-electron chi connectivity index (χ3n) is 6.68. The molecule has 0 unspecified atom stereocenters. The van der Waals surface area contributed by atoms with E-state index in [2.05, 4.69) is 0 Å². The molecule has 37 heavy (non-hydrogen) atoms.